The number of rotatable bonds is 8. The molecule has 0 aliphatic heterocycles. The molecule has 0 aliphatic rings. The average molecular weight is 399 g/mol. The molecule has 0 saturated heterocycles. The number of nitrogens with zero attached hydrogens (tertiary/aromatic N) is 3. The highest BCUT2D eigenvalue weighted by atomic mass is 32.2. The van der Waals surface area contributed by atoms with E-state index in [4.69, 9.17) is 4.74 Å². The number of benzene rings is 1. The van der Waals surface area contributed by atoms with Crippen molar-refractivity contribution in [2.75, 3.05) is 18.9 Å². The summed E-state index contributed by atoms with van der Waals surface area (Å²) in [6.07, 6.45) is 0. The Morgan fingerprint density at radius 3 is 2.71 bits per heavy atom. The van der Waals surface area contributed by atoms with Crippen LogP contribution in [0, 0.1) is 20.8 Å². The van der Waals surface area contributed by atoms with Gasteiger partial charge in [-0.05, 0) is 38.0 Å². The molecule has 148 valence electrons. The van der Waals surface area contributed by atoms with Crippen LogP contribution in [0.15, 0.2) is 30.3 Å². The Bertz CT molecular complexity index is 967. The first-order chi connectivity index (χ1) is 13.4. The number of carbonyl (C=O) groups is 1. The molecule has 3 rings (SSSR count). The fraction of sp³-hybridized carbons (Fsp3) is 0.381. The van der Waals surface area contributed by atoms with Crippen molar-refractivity contribution in [3.05, 3.63) is 52.7 Å². The molecule has 0 atom stereocenters. The number of aryl methyl sites for hydroxylation is 4. The van der Waals surface area contributed by atoms with Crippen LogP contribution in [0.2, 0.25) is 0 Å². The maximum Gasteiger partial charge on any atom is 0.258 e. The second-order valence-corrected chi connectivity index (χ2v) is 7.99. The van der Waals surface area contributed by atoms with Gasteiger partial charge < -0.3 is 10.1 Å². The Labute approximate surface area is 169 Å². The lowest BCUT2D eigenvalue weighted by Crippen LogP contribution is -2.30. The van der Waals surface area contributed by atoms with Crippen LogP contribution in [0.25, 0.3) is 11.0 Å². The fourth-order valence-corrected chi connectivity index (χ4v) is 3.79. The standard InChI is InChI=1S/C21H26N4O2S/c1-14-5-7-17(8-6-14)13-28-10-9-22-18(26)12-27-21-19-15(2)11-16(3)23-20(19)25(4)24-21/h5-8,11H,9-10,12-13H2,1-4H3,(H,22,26). The third-order valence-electron chi connectivity index (χ3n) is 4.38. The molecule has 0 saturated carbocycles. The molecule has 0 radical (unpaired) electrons. The van der Waals surface area contributed by atoms with E-state index in [0.29, 0.717) is 12.4 Å². The van der Waals surface area contributed by atoms with Crippen LogP contribution in [-0.2, 0) is 17.6 Å². The van der Waals surface area contributed by atoms with Crippen LogP contribution >= 0.6 is 11.8 Å². The third kappa shape index (κ3) is 5.04. The average Bonchev–Trinajstić information content (AvgIpc) is 2.97. The number of nitrogens with one attached hydrogen (secondary N) is 1. The van der Waals surface area contributed by atoms with E-state index in [1.807, 2.05) is 27.0 Å². The zero-order chi connectivity index (χ0) is 20.1. The third-order valence-corrected chi connectivity index (χ3v) is 5.41. The molecular formula is C21H26N4O2S. The van der Waals surface area contributed by atoms with Gasteiger partial charge in [0, 0.05) is 30.8 Å². The Morgan fingerprint density at radius 2 is 1.96 bits per heavy atom. The van der Waals surface area contributed by atoms with E-state index in [1.54, 1.807) is 16.4 Å². The number of thioether (sulfide) groups is 1. The van der Waals surface area contributed by atoms with Crippen molar-refractivity contribution >= 4 is 28.7 Å². The molecule has 7 heteroatoms. The van der Waals surface area contributed by atoms with Crippen molar-refractivity contribution in [2.45, 2.75) is 26.5 Å². The Balaban J connectivity index is 1.43. The molecule has 6 nitrogen and oxygen atoms in total. The van der Waals surface area contributed by atoms with Crippen molar-refractivity contribution in [1.29, 1.82) is 0 Å². The van der Waals surface area contributed by atoms with Crippen LogP contribution in [0.3, 0.4) is 0 Å². The van der Waals surface area contributed by atoms with E-state index in [-0.39, 0.29) is 12.5 Å². The topological polar surface area (TPSA) is 69.0 Å². The minimum Gasteiger partial charge on any atom is -0.466 e. The Hall–Kier alpha value is -2.54. The van der Waals surface area contributed by atoms with Crippen molar-refractivity contribution in [3.8, 4) is 5.88 Å². The van der Waals surface area contributed by atoms with Crippen LogP contribution in [0.4, 0.5) is 0 Å². The summed E-state index contributed by atoms with van der Waals surface area (Å²) in [5.74, 6) is 2.10. The van der Waals surface area contributed by atoms with Crippen LogP contribution < -0.4 is 10.1 Å². The summed E-state index contributed by atoms with van der Waals surface area (Å²) in [6.45, 7) is 6.59. The molecule has 0 fully saturated rings. The maximum absolute atomic E-state index is 12.1. The molecule has 0 unspecified atom stereocenters. The van der Waals surface area contributed by atoms with Crippen LogP contribution in [-0.4, -0.2) is 39.6 Å². The lowest BCUT2D eigenvalue weighted by atomic mass is 10.2. The second-order valence-electron chi connectivity index (χ2n) is 6.88. The molecular weight excluding hydrogens is 372 g/mol. The summed E-state index contributed by atoms with van der Waals surface area (Å²) in [6, 6.07) is 10.5. The van der Waals surface area contributed by atoms with Gasteiger partial charge in [0.2, 0.25) is 5.88 Å². The molecule has 3 aromatic rings. The number of amides is 1. The Morgan fingerprint density at radius 1 is 1.21 bits per heavy atom. The summed E-state index contributed by atoms with van der Waals surface area (Å²) in [5, 5.41) is 8.11. The summed E-state index contributed by atoms with van der Waals surface area (Å²) < 4.78 is 7.35. The van der Waals surface area contributed by atoms with Crippen molar-refractivity contribution in [2.24, 2.45) is 7.05 Å². The molecule has 2 aromatic heterocycles. The first-order valence-electron chi connectivity index (χ1n) is 9.28. The first-order valence-corrected chi connectivity index (χ1v) is 10.4. The highest BCUT2D eigenvalue weighted by molar-refractivity contribution is 7.98. The quantitative estimate of drug-likeness (QED) is 0.590. The number of ether oxygens (including phenoxy) is 1. The van der Waals surface area contributed by atoms with Crippen LogP contribution in [0.5, 0.6) is 5.88 Å². The van der Waals surface area contributed by atoms with Gasteiger partial charge in [-0.1, -0.05) is 29.8 Å². The molecule has 1 N–H and O–H groups in total. The molecule has 1 amide bonds. The first kappa shape index (κ1) is 20.2. The summed E-state index contributed by atoms with van der Waals surface area (Å²) in [7, 11) is 1.83. The highest BCUT2D eigenvalue weighted by Gasteiger charge is 2.15. The van der Waals surface area contributed by atoms with E-state index in [2.05, 4.69) is 46.6 Å². The molecule has 0 bridgehead atoms. The molecule has 0 spiro atoms. The number of pyridine rings is 1. The zero-order valence-corrected chi connectivity index (χ0v) is 17.6. The highest BCUT2D eigenvalue weighted by Crippen LogP contribution is 2.26. The number of hydrogen-bond acceptors (Lipinski definition) is 5. The van der Waals surface area contributed by atoms with E-state index < -0.39 is 0 Å². The molecule has 1 aromatic carbocycles. The van der Waals surface area contributed by atoms with E-state index in [9.17, 15) is 4.79 Å². The van der Waals surface area contributed by atoms with Gasteiger partial charge in [-0.3, -0.25) is 4.79 Å². The SMILES string of the molecule is Cc1ccc(CSCCNC(=O)COc2nn(C)c3nc(C)cc(C)c23)cc1. The van der Waals surface area contributed by atoms with E-state index >= 15 is 0 Å². The van der Waals surface area contributed by atoms with Gasteiger partial charge in [0.05, 0.1) is 5.39 Å². The predicted molar refractivity (Wildman–Crippen MR) is 114 cm³/mol. The summed E-state index contributed by atoms with van der Waals surface area (Å²) in [5.41, 5.74) is 5.30. The Kier molecular flexibility index (Phi) is 6.57. The van der Waals surface area contributed by atoms with Crippen molar-refractivity contribution in [1.82, 2.24) is 20.1 Å². The van der Waals surface area contributed by atoms with Gasteiger partial charge in [0.1, 0.15) is 0 Å². The lowest BCUT2D eigenvalue weighted by Gasteiger charge is -2.07. The minimum absolute atomic E-state index is 0.0535. The monoisotopic (exact) mass is 398 g/mol. The summed E-state index contributed by atoms with van der Waals surface area (Å²) >= 11 is 1.80. The van der Waals surface area contributed by atoms with Gasteiger partial charge in [-0.25, -0.2) is 9.67 Å². The van der Waals surface area contributed by atoms with E-state index in [0.717, 1.165) is 33.8 Å². The molecule has 0 aliphatic carbocycles. The molecule has 28 heavy (non-hydrogen) atoms. The second kappa shape index (κ2) is 9.10. The maximum atomic E-state index is 12.1. The lowest BCUT2D eigenvalue weighted by molar-refractivity contribution is -0.123. The van der Waals surface area contributed by atoms with Gasteiger partial charge in [0.25, 0.3) is 5.91 Å². The summed E-state index contributed by atoms with van der Waals surface area (Å²) in [4.78, 5) is 16.6. The van der Waals surface area contributed by atoms with Crippen LogP contribution in [0.1, 0.15) is 22.4 Å². The van der Waals surface area contributed by atoms with Gasteiger partial charge in [0.15, 0.2) is 12.3 Å². The zero-order valence-electron chi connectivity index (χ0n) is 16.8. The normalized spacial score (nSPS) is 11.0. The smallest absolute Gasteiger partial charge is 0.258 e. The van der Waals surface area contributed by atoms with Gasteiger partial charge in [-0.15, -0.1) is 5.10 Å². The largest absolute Gasteiger partial charge is 0.466 e. The predicted octanol–water partition coefficient (Wildman–Crippen LogP) is 3.32. The van der Waals surface area contributed by atoms with Crippen molar-refractivity contribution in [3.63, 3.8) is 0 Å². The number of aromatic nitrogens is 3. The minimum atomic E-state index is -0.146. The van der Waals surface area contributed by atoms with Crippen molar-refractivity contribution < 1.29 is 9.53 Å². The fourth-order valence-electron chi connectivity index (χ4n) is 2.97. The van der Waals surface area contributed by atoms with Gasteiger partial charge in [-0.2, -0.15) is 11.8 Å². The number of carbonyl (C=O) groups excluding carboxylic acids is 1. The van der Waals surface area contributed by atoms with Gasteiger partial charge >= 0.3 is 0 Å². The number of fused-ring (bicyclic) bond motifs is 1. The van der Waals surface area contributed by atoms with E-state index in [1.165, 1.54) is 11.1 Å². The number of hydrogen-bond donors (Lipinski definition) is 1. The molecule has 2 heterocycles.